The van der Waals surface area contributed by atoms with Crippen LogP contribution < -0.4 is 0 Å². The van der Waals surface area contributed by atoms with Crippen molar-refractivity contribution < 1.29 is 24.9 Å². The summed E-state index contributed by atoms with van der Waals surface area (Å²) in [5.74, 6) is -0.460. The van der Waals surface area contributed by atoms with Crippen LogP contribution in [0.3, 0.4) is 0 Å². The number of carbonyl (C=O) groups is 1. The maximum absolute atomic E-state index is 12.1. The van der Waals surface area contributed by atoms with E-state index in [2.05, 4.69) is 27.4 Å². The lowest BCUT2D eigenvalue weighted by atomic mass is 9.46. The van der Waals surface area contributed by atoms with E-state index in [9.17, 15) is 20.1 Å². The fourth-order valence-corrected chi connectivity index (χ4v) is 6.21. The van der Waals surface area contributed by atoms with Gasteiger partial charge in [0, 0.05) is 10.8 Å². The van der Waals surface area contributed by atoms with Gasteiger partial charge >= 0.3 is 5.97 Å². The monoisotopic (exact) mass is 378 g/mol. The summed E-state index contributed by atoms with van der Waals surface area (Å²) in [6.45, 7) is 11.6. The number of hydrogen-bond donors (Lipinski definition) is 3. The zero-order chi connectivity index (χ0) is 20.2. The minimum absolute atomic E-state index is 0.0507. The van der Waals surface area contributed by atoms with Gasteiger partial charge in [0.2, 0.25) is 0 Å². The molecule has 5 heteroatoms. The van der Waals surface area contributed by atoms with E-state index in [1.165, 1.54) is 0 Å². The number of rotatable bonds is 3. The van der Waals surface area contributed by atoms with Crippen LogP contribution in [0.2, 0.25) is 0 Å². The van der Waals surface area contributed by atoms with Crippen molar-refractivity contribution in [1.29, 1.82) is 0 Å². The minimum atomic E-state index is -0.669. The van der Waals surface area contributed by atoms with Gasteiger partial charge in [0.15, 0.2) is 0 Å². The smallest absolute Gasteiger partial charge is 0.332 e. The Kier molecular flexibility index (Phi) is 5.11. The van der Waals surface area contributed by atoms with Crippen LogP contribution in [0.4, 0.5) is 0 Å². The third-order valence-corrected chi connectivity index (χ3v) is 8.28. The molecule has 5 nitrogen and oxygen atoms in total. The van der Waals surface area contributed by atoms with E-state index in [-0.39, 0.29) is 17.3 Å². The highest BCUT2D eigenvalue weighted by molar-refractivity contribution is 5.70. The van der Waals surface area contributed by atoms with Crippen LogP contribution in [0.1, 0.15) is 53.4 Å². The largest absolute Gasteiger partial charge is 0.460 e. The van der Waals surface area contributed by atoms with Gasteiger partial charge in [-0.2, -0.15) is 0 Å². The Morgan fingerprint density at radius 1 is 1.33 bits per heavy atom. The van der Waals surface area contributed by atoms with Crippen LogP contribution in [0, 0.1) is 28.1 Å². The Balaban J connectivity index is 2.21. The fraction of sp³-hybridized carbons (Fsp3) is 0.773. The molecule has 2 bridgehead atoms. The first-order chi connectivity index (χ1) is 12.5. The Morgan fingerprint density at radius 2 is 2.00 bits per heavy atom. The topological polar surface area (TPSA) is 87.0 Å². The molecule has 0 spiro atoms. The van der Waals surface area contributed by atoms with Crippen molar-refractivity contribution in [3.8, 4) is 0 Å². The minimum Gasteiger partial charge on any atom is -0.460 e. The van der Waals surface area contributed by atoms with Crippen molar-refractivity contribution in [3.63, 3.8) is 0 Å². The molecule has 152 valence electrons. The van der Waals surface area contributed by atoms with E-state index < -0.39 is 41.7 Å². The molecular weight excluding hydrogens is 344 g/mol. The summed E-state index contributed by atoms with van der Waals surface area (Å²) in [5, 5.41) is 31.2. The van der Waals surface area contributed by atoms with Gasteiger partial charge in [0.05, 0.1) is 12.2 Å². The molecule has 3 N–H and O–H groups in total. The molecule has 3 aliphatic rings. The Labute approximate surface area is 162 Å². The maximum atomic E-state index is 12.1. The van der Waals surface area contributed by atoms with Gasteiger partial charge in [-0.25, -0.2) is 4.79 Å². The maximum Gasteiger partial charge on any atom is 0.332 e. The zero-order valence-electron chi connectivity index (χ0n) is 16.9. The molecule has 2 fully saturated rings. The summed E-state index contributed by atoms with van der Waals surface area (Å²) < 4.78 is 5.79. The van der Waals surface area contributed by atoms with Gasteiger partial charge in [-0.05, 0) is 42.9 Å². The molecule has 0 aromatic carbocycles. The fourth-order valence-electron chi connectivity index (χ4n) is 6.21. The van der Waals surface area contributed by atoms with Crippen molar-refractivity contribution in [2.75, 3.05) is 6.61 Å². The zero-order valence-corrected chi connectivity index (χ0v) is 16.9. The second kappa shape index (κ2) is 6.71. The first kappa shape index (κ1) is 20.6. The van der Waals surface area contributed by atoms with Crippen molar-refractivity contribution >= 4 is 5.97 Å². The molecular formula is C22H34O5. The number of carbonyl (C=O) groups excluding carboxylic acids is 1. The molecule has 0 saturated heterocycles. The first-order valence-corrected chi connectivity index (χ1v) is 10.1. The first-order valence-electron chi connectivity index (χ1n) is 10.1. The van der Waals surface area contributed by atoms with Gasteiger partial charge in [-0.3, -0.25) is 0 Å². The second-order valence-electron chi connectivity index (χ2n) is 9.51. The van der Waals surface area contributed by atoms with E-state index in [4.69, 9.17) is 4.74 Å². The van der Waals surface area contributed by atoms with Crippen LogP contribution >= 0.6 is 0 Å². The summed E-state index contributed by atoms with van der Waals surface area (Å²) in [5.41, 5.74) is -0.285. The number of ether oxygens (including phenoxy) is 1. The van der Waals surface area contributed by atoms with Crippen LogP contribution in [-0.2, 0) is 9.53 Å². The molecule has 0 aromatic rings. The lowest BCUT2D eigenvalue weighted by Crippen LogP contribution is -2.59. The molecule has 2 saturated carbocycles. The van der Waals surface area contributed by atoms with E-state index in [1.807, 2.05) is 13.0 Å². The Hall–Kier alpha value is -1.17. The van der Waals surface area contributed by atoms with E-state index in [0.717, 1.165) is 18.4 Å². The van der Waals surface area contributed by atoms with Crippen molar-refractivity contribution in [3.05, 3.63) is 24.3 Å². The summed E-state index contributed by atoms with van der Waals surface area (Å²) >= 11 is 0. The summed E-state index contributed by atoms with van der Waals surface area (Å²) in [6.07, 6.45) is 4.85. The van der Waals surface area contributed by atoms with Gasteiger partial charge in [0.25, 0.3) is 0 Å². The van der Waals surface area contributed by atoms with Crippen molar-refractivity contribution in [1.82, 2.24) is 0 Å². The molecule has 8 atom stereocenters. The molecule has 3 aliphatic carbocycles. The van der Waals surface area contributed by atoms with Crippen LogP contribution in [0.15, 0.2) is 24.3 Å². The van der Waals surface area contributed by atoms with Gasteiger partial charge < -0.3 is 20.1 Å². The predicted octanol–water partition coefficient (Wildman–Crippen LogP) is 2.60. The van der Waals surface area contributed by atoms with Gasteiger partial charge in [-0.1, -0.05) is 45.4 Å². The second-order valence-corrected chi connectivity index (χ2v) is 9.51. The third-order valence-electron chi connectivity index (χ3n) is 8.28. The van der Waals surface area contributed by atoms with E-state index in [0.29, 0.717) is 12.8 Å². The molecule has 2 unspecified atom stereocenters. The Morgan fingerprint density at radius 3 is 2.59 bits per heavy atom. The Bertz CT molecular complexity index is 657. The quantitative estimate of drug-likeness (QED) is 0.519. The normalized spacial score (nSPS) is 49.4. The molecule has 0 radical (unpaired) electrons. The lowest BCUT2D eigenvalue weighted by Gasteiger charge is -2.60. The highest BCUT2D eigenvalue weighted by Crippen LogP contribution is 2.66. The number of aliphatic hydroxyl groups excluding tert-OH is 3. The highest BCUT2D eigenvalue weighted by atomic mass is 16.6. The SMILES string of the molecule is C=C[C@]1(C)C[C@@H](OC(=O)CO)[C@@]2(C)C3=CC(O)C[C@@]3(CCC2C)[C@@H](C)[C@@H]1O. The summed E-state index contributed by atoms with van der Waals surface area (Å²) in [4.78, 5) is 12.1. The molecule has 27 heavy (non-hydrogen) atoms. The summed E-state index contributed by atoms with van der Waals surface area (Å²) in [7, 11) is 0. The van der Waals surface area contributed by atoms with E-state index >= 15 is 0 Å². The van der Waals surface area contributed by atoms with E-state index in [1.54, 1.807) is 6.08 Å². The highest BCUT2D eigenvalue weighted by Gasteiger charge is 2.63. The molecule has 0 amide bonds. The molecule has 3 rings (SSSR count). The average molecular weight is 379 g/mol. The molecule has 0 heterocycles. The van der Waals surface area contributed by atoms with Crippen LogP contribution in [0.25, 0.3) is 0 Å². The number of hydrogen-bond acceptors (Lipinski definition) is 5. The number of esters is 1. The van der Waals surface area contributed by atoms with Crippen LogP contribution in [0.5, 0.6) is 0 Å². The number of aliphatic hydroxyl groups is 3. The third kappa shape index (κ3) is 2.81. The molecule has 0 aromatic heterocycles. The van der Waals surface area contributed by atoms with Crippen LogP contribution in [-0.4, -0.2) is 46.2 Å². The molecule has 0 aliphatic heterocycles. The average Bonchev–Trinajstić information content (AvgIpc) is 3.00. The van der Waals surface area contributed by atoms with Gasteiger partial charge in [-0.15, -0.1) is 6.58 Å². The summed E-state index contributed by atoms with van der Waals surface area (Å²) in [6, 6.07) is 0. The lowest BCUT2D eigenvalue weighted by molar-refractivity contribution is -0.174. The standard InChI is InChI=1S/C22H34O5/c1-6-20(4)11-17(27-18(25)12-23)21(5)13(2)7-8-22(14(3)19(20)26)10-15(24)9-16(21)22/h6,9,13-15,17,19,23-24,26H,1,7-8,10-12H2,2-5H3/t13?,14-,15?,17+,19-,20+,21+,22-/m0/s1. The van der Waals surface area contributed by atoms with Gasteiger partial charge in [0.1, 0.15) is 12.7 Å². The van der Waals surface area contributed by atoms with Crippen molar-refractivity contribution in [2.45, 2.75) is 71.7 Å². The van der Waals surface area contributed by atoms with Crippen molar-refractivity contribution in [2.24, 2.45) is 28.1 Å². The predicted molar refractivity (Wildman–Crippen MR) is 103 cm³/mol.